The van der Waals surface area contributed by atoms with Crippen molar-refractivity contribution in [2.24, 2.45) is 4.99 Å². The number of thioether (sulfide) groups is 1. The van der Waals surface area contributed by atoms with Crippen molar-refractivity contribution >= 4 is 38.8 Å². The quantitative estimate of drug-likeness (QED) is 0.913. The largest absolute Gasteiger partial charge is 0.495 e. The Kier molecular flexibility index (Phi) is 4.71. The molecule has 5 nitrogen and oxygen atoms in total. The van der Waals surface area contributed by atoms with Crippen LogP contribution in [0.5, 0.6) is 11.5 Å². The zero-order chi connectivity index (χ0) is 13.8. The number of aliphatic imine (C=N–C) groups is 1. The van der Waals surface area contributed by atoms with Crippen LogP contribution in [0.4, 0.5) is 0 Å². The molecule has 2 rings (SSSR count). The lowest BCUT2D eigenvalue weighted by Gasteiger charge is -2.11. The number of amidine groups is 1. The number of benzene rings is 1. The molecule has 0 spiro atoms. The number of ether oxygens (including phenoxy) is 2. The highest BCUT2D eigenvalue weighted by atomic mass is 79.9. The Bertz CT molecular complexity index is 509. The lowest BCUT2D eigenvalue weighted by atomic mass is 10.2. The molecule has 1 N–H and O–H groups in total. The SMILES string of the molecule is COc1cc(C(=O)NC2=NCCS2)cc(OC)c1Br. The van der Waals surface area contributed by atoms with E-state index in [1.54, 1.807) is 12.1 Å². The summed E-state index contributed by atoms with van der Waals surface area (Å²) in [6.07, 6.45) is 0. The fraction of sp³-hybridized carbons (Fsp3) is 0.333. The number of methoxy groups -OCH3 is 2. The minimum Gasteiger partial charge on any atom is -0.495 e. The summed E-state index contributed by atoms with van der Waals surface area (Å²) in [5.41, 5.74) is 0.465. The standard InChI is InChI=1S/C12H13BrN2O3S/c1-17-8-5-7(6-9(18-2)10(8)13)11(16)15-12-14-3-4-19-12/h5-6H,3-4H2,1-2H3,(H,14,15,16). The fourth-order valence-electron chi connectivity index (χ4n) is 1.58. The highest BCUT2D eigenvalue weighted by Crippen LogP contribution is 2.35. The Morgan fingerprint density at radius 3 is 2.47 bits per heavy atom. The Morgan fingerprint density at radius 2 is 2.00 bits per heavy atom. The molecule has 1 aromatic carbocycles. The number of carbonyl (C=O) groups excluding carboxylic acids is 1. The zero-order valence-electron chi connectivity index (χ0n) is 10.5. The highest BCUT2D eigenvalue weighted by molar-refractivity contribution is 9.10. The Morgan fingerprint density at radius 1 is 1.37 bits per heavy atom. The molecule has 0 saturated carbocycles. The smallest absolute Gasteiger partial charge is 0.257 e. The molecule has 0 unspecified atom stereocenters. The molecule has 1 heterocycles. The molecule has 0 fully saturated rings. The number of hydrogen-bond donors (Lipinski definition) is 1. The van der Waals surface area contributed by atoms with Crippen LogP contribution in [0.3, 0.4) is 0 Å². The minimum absolute atomic E-state index is 0.225. The van der Waals surface area contributed by atoms with Gasteiger partial charge in [-0.15, -0.1) is 0 Å². The molecule has 1 aromatic rings. The predicted octanol–water partition coefficient (Wildman–Crippen LogP) is 2.30. The molecule has 7 heteroatoms. The molecule has 0 aromatic heterocycles. The van der Waals surface area contributed by atoms with Gasteiger partial charge in [-0.05, 0) is 28.1 Å². The van der Waals surface area contributed by atoms with Gasteiger partial charge in [0.05, 0.1) is 20.8 Å². The number of rotatable bonds is 3. The van der Waals surface area contributed by atoms with E-state index in [2.05, 4.69) is 26.2 Å². The summed E-state index contributed by atoms with van der Waals surface area (Å²) in [6.45, 7) is 0.743. The van der Waals surface area contributed by atoms with E-state index in [0.29, 0.717) is 26.7 Å². The number of nitrogens with one attached hydrogen (secondary N) is 1. The number of nitrogens with zero attached hydrogens (tertiary/aromatic N) is 1. The van der Waals surface area contributed by atoms with Gasteiger partial charge >= 0.3 is 0 Å². The molecule has 1 aliphatic rings. The lowest BCUT2D eigenvalue weighted by molar-refractivity contribution is 0.0977. The van der Waals surface area contributed by atoms with Gasteiger partial charge in [0.1, 0.15) is 16.0 Å². The third-order valence-corrected chi connectivity index (χ3v) is 4.19. The van der Waals surface area contributed by atoms with Crippen molar-refractivity contribution in [1.82, 2.24) is 5.32 Å². The summed E-state index contributed by atoms with van der Waals surface area (Å²) in [4.78, 5) is 16.3. The van der Waals surface area contributed by atoms with Crippen LogP contribution in [0.1, 0.15) is 10.4 Å². The fourth-order valence-corrected chi connectivity index (χ4v) is 2.86. The van der Waals surface area contributed by atoms with Crippen molar-refractivity contribution in [3.05, 3.63) is 22.2 Å². The highest BCUT2D eigenvalue weighted by Gasteiger charge is 2.17. The summed E-state index contributed by atoms with van der Waals surface area (Å²) in [5.74, 6) is 1.77. The van der Waals surface area contributed by atoms with E-state index in [1.807, 2.05) is 0 Å². The van der Waals surface area contributed by atoms with Gasteiger partial charge in [0, 0.05) is 11.3 Å². The summed E-state index contributed by atoms with van der Waals surface area (Å²) in [5, 5.41) is 3.42. The Labute approximate surface area is 123 Å². The van der Waals surface area contributed by atoms with Gasteiger partial charge in [-0.1, -0.05) is 11.8 Å². The van der Waals surface area contributed by atoms with Gasteiger partial charge in [-0.25, -0.2) is 0 Å². The van der Waals surface area contributed by atoms with Crippen molar-refractivity contribution in [2.75, 3.05) is 26.5 Å². The van der Waals surface area contributed by atoms with E-state index in [9.17, 15) is 4.79 Å². The molecule has 102 valence electrons. The van der Waals surface area contributed by atoms with Crippen molar-refractivity contribution in [1.29, 1.82) is 0 Å². The first kappa shape index (κ1) is 14.2. The summed E-state index contributed by atoms with van der Waals surface area (Å²) >= 11 is 4.90. The molecule has 0 aliphatic carbocycles. The maximum atomic E-state index is 12.1. The molecule has 1 aliphatic heterocycles. The monoisotopic (exact) mass is 344 g/mol. The van der Waals surface area contributed by atoms with Gasteiger partial charge in [0.2, 0.25) is 0 Å². The van der Waals surface area contributed by atoms with E-state index < -0.39 is 0 Å². The second-order valence-corrected chi connectivity index (χ2v) is 5.56. The number of hydrogen-bond acceptors (Lipinski definition) is 5. The third kappa shape index (κ3) is 3.22. The molecule has 0 radical (unpaired) electrons. The van der Waals surface area contributed by atoms with E-state index in [-0.39, 0.29) is 5.91 Å². The van der Waals surface area contributed by atoms with Crippen LogP contribution in [0.2, 0.25) is 0 Å². The first-order chi connectivity index (χ1) is 9.15. The lowest BCUT2D eigenvalue weighted by Crippen LogP contribution is -2.27. The molecular formula is C12H13BrN2O3S. The van der Waals surface area contributed by atoms with Gasteiger partial charge in [0.25, 0.3) is 5.91 Å². The second kappa shape index (κ2) is 6.29. The first-order valence-electron chi connectivity index (χ1n) is 5.56. The number of halogens is 1. The average molecular weight is 345 g/mol. The molecular weight excluding hydrogens is 332 g/mol. The van der Waals surface area contributed by atoms with E-state index in [1.165, 1.54) is 26.0 Å². The van der Waals surface area contributed by atoms with Crippen LogP contribution in [-0.2, 0) is 0 Å². The van der Waals surface area contributed by atoms with E-state index in [4.69, 9.17) is 9.47 Å². The van der Waals surface area contributed by atoms with Gasteiger partial charge < -0.3 is 14.8 Å². The normalized spacial score (nSPS) is 13.9. The molecule has 0 saturated heterocycles. The topological polar surface area (TPSA) is 59.9 Å². The number of amides is 1. The summed E-state index contributed by atoms with van der Waals surface area (Å²) < 4.78 is 11.1. The summed E-state index contributed by atoms with van der Waals surface area (Å²) in [7, 11) is 3.08. The van der Waals surface area contributed by atoms with Crippen molar-refractivity contribution in [3.8, 4) is 11.5 Å². The van der Waals surface area contributed by atoms with Gasteiger partial charge in [-0.3, -0.25) is 9.79 Å². The molecule has 0 bridgehead atoms. The van der Waals surface area contributed by atoms with E-state index in [0.717, 1.165) is 12.3 Å². The molecule has 19 heavy (non-hydrogen) atoms. The second-order valence-electron chi connectivity index (χ2n) is 3.68. The maximum absolute atomic E-state index is 12.1. The first-order valence-corrected chi connectivity index (χ1v) is 7.33. The van der Waals surface area contributed by atoms with Crippen molar-refractivity contribution < 1.29 is 14.3 Å². The Hall–Kier alpha value is -1.21. The maximum Gasteiger partial charge on any atom is 0.257 e. The predicted molar refractivity (Wildman–Crippen MR) is 79.5 cm³/mol. The van der Waals surface area contributed by atoms with Crippen LogP contribution in [0.15, 0.2) is 21.6 Å². The van der Waals surface area contributed by atoms with Gasteiger partial charge in [-0.2, -0.15) is 0 Å². The van der Waals surface area contributed by atoms with Crippen LogP contribution in [-0.4, -0.2) is 37.6 Å². The Balaban J connectivity index is 2.25. The molecule has 1 amide bonds. The van der Waals surface area contributed by atoms with Crippen LogP contribution in [0, 0.1) is 0 Å². The van der Waals surface area contributed by atoms with Crippen LogP contribution < -0.4 is 14.8 Å². The van der Waals surface area contributed by atoms with Crippen LogP contribution >= 0.6 is 27.7 Å². The average Bonchev–Trinajstić information content (AvgIpc) is 2.91. The minimum atomic E-state index is -0.225. The number of carbonyl (C=O) groups is 1. The van der Waals surface area contributed by atoms with Crippen LogP contribution in [0.25, 0.3) is 0 Å². The van der Waals surface area contributed by atoms with Crippen molar-refractivity contribution in [2.45, 2.75) is 0 Å². The zero-order valence-corrected chi connectivity index (χ0v) is 12.9. The molecule has 0 atom stereocenters. The summed E-state index contributed by atoms with van der Waals surface area (Å²) in [6, 6.07) is 3.31. The van der Waals surface area contributed by atoms with Gasteiger partial charge in [0.15, 0.2) is 5.17 Å². The van der Waals surface area contributed by atoms with Crippen molar-refractivity contribution in [3.63, 3.8) is 0 Å². The third-order valence-electron chi connectivity index (χ3n) is 2.51. The van der Waals surface area contributed by atoms with E-state index >= 15 is 0 Å².